The van der Waals surface area contributed by atoms with Crippen molar-refractivity contribution in [1.82, 2.24) is 0 Å². The van der Waals surface area contributed by atoms with Gasteiger partial charge in [-0.05, 0) is 41.1 Å². The highest BCUT2D eigenvalue weighted by Crippen LogP contribution is 2.22. The Labute approximate surface area is 122 Å². The van der Waals surface area contributed by atoms with E-state index in [1.807, 2.05) is 48.5 Å². The van der Waals surface area contributed by atoms with Gasteiger partial charge in [0.05, 0.1) is 7.11 Å². The molecule has 4 heteroatoms. The highest BCUT2D eigenvalue weighted by molar-refractivity contribution is 5.85. The summed E-state index contributed by atoms with van der Waals surface area (Å²) in [5.74, 6) is 1.33. The zero-order chi connectivity index (χ0) is 14.7. The fourth-order valence-corrected chi connectivity index (χ4v) is 2.13. The van der Waals surface area contributed by atoms with E-state index in [1.54, 1.807) is 25.3 Å². The molecule has 3 rings (SSSR count). The van der Waals surface area contributed by atoms with Gasteiger partial charge in [-0.2, -0.15) is 0 Å². The molecule has 0 aliphatic carbocycles. The third-order valence-electron chi connectivity index (χ3n) is 3.24. The number of methoxy groups -OCH3 is 1. The maximum absolute atomic E-state index is 12.1. The molecule has 1 atom stereocenters. The number of para-hydroxylation sites is 1. The van der Waals surface area contributed by atoms with Crippen LogP contribution in [0.15, 0.2) is 66.7 Å². The lowest BCUT2D eigenvalue weighted by Crippen LogP contribution is -3.04. The number of rotatable bonds is 4. The SMILES string of the molecule is COc1ccc2cc([NH+]([O-])Oc3ccccc3)ccc2c1. The molecule has 0 saturated heterocycles. The first kappa shape index (κ1) is 13.4. The smallest absolute Gasteiger partial charge is 0.191 e. The normalized spacial score (nSPS) is 12.1. The van der Waals surface area contributed by atoms with Gasteiger partial charge in [0.25, 0.3) is 0 Å². The summed E-state index contributed by atoms with van der Waals surface area (Å²) in [5, 5.41) is 13.8. The van der Waals surface area contributed by atoms with Crippen molar-refractivity contribution < 1.29 is 14.8 Å². The van der Waals surface area contributed by atoms with Crippen molar-refractivity contribution >= 4 is 16.5 Å². The Morgan fingerprint density at radius 2 is 1.52 bits per heavy atom. The van der Waals surface area contributed by atoms with Gasteiger partial charge in [-0.25, -0.2) is 0 Å². The van der Waals surface area contributed by atoms with E-state index >= 15 is 0 Å². The molecule has 3 aromatic rings. The van der Waals surface area contributed by atoms with Crippen LogP contribution < -0.4 is 14.8 Å². The maximum atomic E-state index is 12.1. The van der Waals surface area contributed by atoms with E-state index in [4.69, 9.17) is 9.57 Å². The minimum Gasteiger partial charge on any atom is -0.585 e. The number of quaternary nitrogens is 1. The zero-order valence-electron chi connectivity index (χ0n) is 11.6. The second-order valence-corrected chi connectivity index (χ2v) is 4.63. The molecule has 0 spiro atoms. The lowest BCUT2D eigenvalue weighted by Gasteiger charge is -2.20. The number of hydrogen-bond acceptors (Lipinski definition) is 3. The van der Waals surface area contributed by atoms with Crippen LogP contribution in [0.1, 0.15) is 0 Å². The molecule has 1 unspecified atom stereocenters. The molecule has 4 nitrogen and oxygen atoms in total. The molecule has 0 radical (unpaired) electrons. The molecule has 1 N–H and O–H groups in total. The number of hydrogen-bond donors (Lipinski definition) is 1. The fourth-order valence-electron chi connectivity index (χ4n) is 2.13. The van der Waals surface area contributed by atoms with Crippen LogP contribution in [-0.2, 0) is 0 Å². The van der Waals surface area contributed by atoms with Crippen LogP contribution in [0.5, 0.6) is 11.5 Å². The first-order chi connectivity index (χ1) is 10.3. The summed E-state index contributed by atoms with van der Waals surface area (Å²) < 4.78 is 5.19. The first-order valence-electron chi connectivity index (χ1n) is 6.61. The molecule has 21 heavy (non-hydrogen) atoms. The minimum atomic E-state index is -0.362. The van der Waals surface area contributed by atoms with Gasteiger partial charge in [0.15, 0.2) is 11.4 Å². The molecular formula is C17H15NO3. The van der Waals surface area contributed by atoms with Crippen molar-refractivity contribution in [3.63, 3.8) is 0 Å². The van der Waals surface area contributed by atoms with Crippen molar-refractivity contribution in [2.75, 3.05) is 7.11 Å². The topological polar surface area (TPSA) is 46.0 Å². The molecule has 0 heterocycles. The lowest BCUT2D eigenvalue weighted by molar-refractivity contribution is -0.963. The van der Waals surface area contributed by atoms with Crippen LogP contribution in [0.25, 0.3) is 10.8 Å². The van der Waals surface area contributed by atoms with E-state index in [9.17, 15) is 5.21 Å². The van der Waals surface area contributed by atoms with Crippen molar-refractivity contribution in [2.24, 2.45) is 0 Å². The summed E-state index contributed by atoms with van der Waals surface area (Å²) in [6.45, 7) is 0. The van der Waals surface area contributed by atoms with Crippen LogP contribution in [-0.4, -0.2) is 7.11 Å². The molecular weight excluding hydrogens is 266 g/mol. The van der Waals surface area contributed by atoms with E-state index in [0.717, 1.165) is 16.5 Å². The van der Waals surface area contributed by atoms with E-state index in [2.05, 4.69) is 0 Å². The fraction of sp³-hybridized carbons (Fsp3) is 0.0588. The summed E-state index contributed by atoms with van der Waals surface area (Å²) in [6, 6.07) is 20.2. The molecule has 106 valence electrons. The summed E-state index contributed by atoms with van der Waals surface area (Å²) >= 11 is 0. The van der Waals surface area contributed by atoms with Crippen LogP contribution >= 0.6 is 0 Å². The third-order valence-corrected chi connectivity index (χ3v) is 3.24. The average Bonchev–Trinajstić information content (AvgIpc) is 2.54. The Balaban J connectivity index is 1.86. The third kappa shape index (κ3) is 2.97. The van der Waals surface area contributed by atoms with Gasteiger partial charge in [0, 0.05) is 12.1 Å². The largest absolute Gasteiger partial charge is 0.585 e. The molecule has 0 fully saturated rings. The van der Waals surface area contributed by atoms with E-state index < -0.39 is 0 Å². The highest BCUT2D eigenvalue weighted by atomic mass is 16.9. The minimum absolute atomic E-state index is 0.362. The van der Waals surface area contributed by atoms with Gasteiger partial charge in [-0.3, -0.25) is 0 Å². The van der Waals surface area contributed by atoms with Crippen molar-refractivity contribution in [1.29, 1.82) is 0 Å². The zero-order valence-corrected chi connectivity index (χ0v) is 11.6. The second-order valence-electron chi connectivity index (χ2n) is 4.63. The van der Waals surface area contributed by atoms with Gasteiger partial charge in [-0.1, -0.05) is 24.3 Å². The monoisotopic (exact) mass is 281 g/mol. The summed E-state index contributed by atoms with van der Waals surface area (Å²) in [4.78, 5) is 5.33. The number of nitrogens with one attached hydrogen (secondary N) is 1. The van der Waals surface area contributed by atoms with Crippen molar-refractivity contribution in [3.05, 3.63) is 71.9 Å². The van der Waals surface area contributed by atoms with Gasteiger partial charge in [-0.15, -0.1) is 5.23 Å². The summed E-state index contributed by atoms with van der Waals surface area (Å²) in [7, 11) is 1.63. The Hall–Kier alpha value is -2.56. The Morgan fingerprint density at radius 1 is 0.810 bits per heavy atom. The predicted octanol–water partition coefficient (Wildman–Crippen LogP) is 2.86. The predicted molar refractivity (Wildman–Crippen MR) is 81.6 cm³/mol. The summed E-state index contributed by atoms with van der Waals surface area (Å²) in [5.41, 5.74) is 0.525. The molecule has 0 amide bonds. The van der Waals surface area contributed by atoms with Crippen LogP contribution in [0, 0.1) is 5.21 Å². The van der Waals surface area contributed by atoms with E-state index in [1.165, 1.54) is 0 Å². The first-order valence-corrected chi connectivity index (χ1v) is 6.61. The van der Waals surface area contributed by atoms with E-state index in [-0.39, 0.29) is 5.23 Å². The standard InChI is InChI=1S/C17H15NO3/c1-20-17-10-8-13-11-15(9-7-14(13)12-17)18(19)21-16-5-3-2-4-6-16/h2-12,18H,1H3. The Kier molecular flexibility index (Phi) is 3.73. The van der Waals surface area contributed by atoms with Gasteiger partial charge >= 0.3 is 0 Å². The highest BCUT2D eigenvalue weighted by Gasteiger charge is 2.07. The second kappa shape index (κ2) is 5.83. The van der Waals surface area contributed by atoms with Crippen LogP contribution in [0.4, 0.5) is 5.69 Å². The van der Waals surface area contributed by atoms with Crippen molar-refractivity contribution in [3.8, 4) is 11.5 Å². The molecule has 3 aromatic carbocycles. The number of benzene rings is 3. The van der Waals surface area contributed by atoms with Gasteiger partial charge in [0.1, 0.15) is 5.75 Å². The molecule has 0 aliphatic heterocycles. The molecule has 0 saturated carbocycles. The average molecular weight is 281 g/mol. The Morgan fingerprint density at radius 3 is 2.29 bits per heavy atom. The number of fused-ring (bicyclic) bond motifs is 1. The van der Waals surface area contributed by atoms with E-state index in [0.29, 0.717) is 11.4 Å². The lowest BCUT2D eigenvalue weighted by atomic mass is 10.1. The molecule has 0 aromatic heterocycles. The molecule has 0 aliphatic rings. The van der Waals surface area contributed by atoms with Gasteiger partial charge < -0.3 is 14.8 Å². The van der Waals surface area contributed by atoms with Crippen molar-refractivity contribution in [2.45, 2.75) is 0 Å². The maximum Gasteiger partial charge on any atom is 0.191 e. The van der Waals surface area contributed by atoms with Gasteiger partial charge in [0.2, 0.25) is 0 Å². The number of ether oxygens (including phenoxy) is 1. The quantitative estimate of drug-likeness (QED) is 0.748. The Bertz CT molecular complexity index is 743. The van der Waals surface area contributed by atoms with Crippen LogP contribution in [0.2, 0.25) is 0 Å². The van der Waals surface area contributed by atoms with Crippen LogP contribution in [0.3, 0.4) is 0 Å². The summed E-state index contributed by atoms with van der Waals surface area (Å²) in [6.07, 6.45) is 0. The molecule has 0 bridgehead atoms.